The van der Waals surface area contributed by atoms with E-state index in [9.17, 15) is 10.2 Å². The maximum Gasteiger partial charge on any atom is 0.165 e. The van der Waals surface area contributed by atoms with E-state index in [0.717, 1.165) is 50.0 Å². The number of nitrogens with one attached hydrogen (secondary N) is 1. The molecule has 0 radical (unpaired) electrons. The van der Waals surface area contributed by atoms with Crippen molar-refractivity contribution < 1.29 is 19.8 Å². The van der Waals surface area contributed by atoms with Gasteiger partial charge in [0.1, 0.15) is 17.7 Å². The van der Waals surface area contributed by atoms with E-state index in [-0.39, 0.29) is 23.9 Å². The summed E-state index contributed by atoms with van der Waals surface area (Å²) in [7, 11) is 2.23. The highest BCUT2D eigenvalue weighted by molar-refractivity contribution is 5.63. The zero-order valence-electron chi connectivity index (χ0n) is 20.2. The van der Waals surface area contributed by atoms with Crippen LogP contribution in [0.5, 0.6) is 11.5 Å². The Labute approximate surface area is 206 Å². The van der Waals surface area contributed by atoms with Crippen molar-refractivity contribution in [2.45, 2.75) is 61.4 Å². The smallest absolute Gasteiger partial charge is 0.165 e. The fourth-order valence-corrected chi connectivity index (χ4v) is 8.00. The molecular weight excluding hydrogens is 436 g/mol. The number of para-hydroxylation sites is 1. The zero-order valence-corrected chi connectivity index (χ0v) is 20.2. The number of rotatable bonds is 4. The molecule has 7 rings (SSSR count). The Bertz CT molecular complexity index is 1270. The fourth-order valence-electron chi connectivity index (χ4n) is 8.00. The van der Waals surface area contributed by atoms with Gasteiger partial charge in [-0.3, -0.25) is 0 Å². The standard InChI is InChI=1S/C30H32N2O3/c1-31-17-16-29-26-21-12-13-24(33)27(26)35-28(29)23(14-15-30(29,34)25(31)18-21)32(22-10-6-3-7-11-22)19-20-8-4-2-5-9-20/h2-13,23,25,28,33-34H,14-19H2,1H3/p+1/t23-,25-,28+,29+,30-/m1/s1. The maximum absolute atomic E-state index is 12.5. The molecule has 2 bridgehead atoms. The van der Waals surface area contributed by atoms with E-state index in [4.69, 9.17) is 4.74 Å². The van der Waals surface area contributed by atoms with Gasteiger partial charge in [-0.15, -0.1) is 0 Å². The second kappa shape index (κ2) is 7.49. The summed E-state index contributed by atoms with van der Waals surface area (Å²) in [5, 5.41) is 23.4. The van der Waals surface area contributed by atoms with Crippen LogP contribution in [0, 0.1) is 0 Å². The van der Waals surface area contributed by atoms with E-state index in [2.05, 4.69) is 78.7 Å². The second-order valence-electron chi connectivity index (χ2n) is 11.0. The molecule has 3 N–H and O–H groups in total. The number of aromatic hydroxyl groups is 1. The van der Waals surface area contributed by atoms with E-state index < -0.39 is 11.0 Å². The highest BCUT2D eigenvalue weighted by atomic mass is 16.5. The van der Waals surface area contributed by atoms with Crippen molar-refractivity contribution in [3.05, 3.63) is 89.5 Å². The van der Waals surface area contributed by atoms with Crippen LogP contribution in [0.3, 0.4) is 0 Å². The number of likely N-dealkylation sites (N-methyl/N-ethyl adjacent to an activating group) is 1. The van der Waals surface area contributed by atoms with Crippen LogP contribution in [0.4, 0.5) is 5.69 Å². The van der Waals surface area contributed by atoms with Gasteiger partial charge >= 0.3 is 0 Å². The van der Waals surface area contributed by atoms with Crippen molar-refractivity contribution in [1.29, 1.82) is 0 Å². The molecule has 1 saturated heterocycles. The van der Waals surface area contributed by atoms with Gasteiger partial charge in [0.25, 0.3) is 0 Å². The Kier molecular flexibility index (Phi) is 4.55. The predicted octanol–water partition coefficient (Wildman–Crippen LogP) is 2.83. The summed E-state index contributed by atoms with van der Waals surface area (Å²) in [5.74, 6) is 0.816. The highest BCUT2D eigenvalue weighted by Gasteiger charge is 2.74. The van der Waals surface area contributed by atoms with Crippen molar-refractivity contribution in [2.24, 2.45) is 0 Å². The lowest BCUT2D eigenvalue weighted by Gasteiger charge is -2.62. The Hall–Kier alpha value is -3.02. The number of anilines is 1. The van der Waals surface area contributed by atoms with E-state index >= 15 is 0 Å². The van der Waals surface area contributed by atoms with Crippen molar-refractivity contribution >= 4 is 5.69 Å². The molecule has 5 nitrogen and oxygen atoms in total. The summed E-state index contributed by atoms with van der Waals surface area (Å²) in [6, 6.07) is 25.3. The van der Waals surface area contributed by atoms with Crippen LogP contribution in [0.25, 0.3) is 0 Å². The second-order valence-corrected chi connectivity index (χ2v) is 11.0. The molecule has 6 atom stereocenters. The number of likely N-dealkylation sites (tertiary alicyclic amines) is 1. The first kappa shape index (κ1) is 21.3. The largest absolute Gasteiger partial charge is 0.504 e. The number of hydrogen-bond donors (Lipinski definition) is 3. The Morgan fingerprint density at radius 3 is 2.51 bits per heavy atom. The number of nitrogens with zero attached hydrogens (tertiary/aromatic N) is 1. The third-order valence-electron chi connectivity index (χ3n) is 9.54. The average molecular weight is 470 g/mol. The van der Waals surface area contributed by atoms with E-state index in [1.54, 1.807) is 6.07 Å². The quantitative estimate of drug-likeness (QED) is 0.550. The lowest BCUT2D eigenvalue weighted by Crippen LogP contribution is -3.19. The first-order valence-electron chi connectivity index (χ1n) is 13.0. The molecular formula is C30H33N2O3+. The third kappa shape index (κ3) is 2.77. The summed E-state index contributed by atoms with van der Waals surface area (Å²) in [6.45, 7) is 1.77. The Morgan fingerprint density at radius 1 is 1.00 bits per heavy atom. The summed E-state index contributed by atoms with van der Waals surface area (Å²) in [6.07, 6.45) is 3.07. The molecule has 5 heteroatoms. The van der Waals surface area contributed by atoms with Gasteiger partial charge in [0.2, 0.25) is 0 Å². The number of hydrogen-bond acceptors (Lipinski definition) is 4. The molecule has 4 aliphatic rings. The highest BCUT2D eigenvalue weighted by Crippen LogP contribution is 2.64. The van der Waals surface area contributed by atoms with Gasteiger partial charge in [-0.05, 0) is 42.2 Å². The van der Waals surface area contributed by atoms with Gasteiger partial charge < -0.3 is 24.7 Å². The van der Waals surface area contributed by atoms with Crippen LogP contribution >= 0.6 is 0 Å². The molecule has 2 fully saturated rings. The lowest BCUT2D eigenvalue weighted by molar-refractivity contribution is -0.924. The van der Waals surface area contributed by atoms with Gasteiger partial charge in [-0.25, -0.2) is 0 Å². The van der Waals surface area contributed by atoms with Gasteiger partial charge in [-0.2, -0.15) is 0 Å². The number of piperidine rings is 1. The molecule has 1 spiro atoms. The summed E-state index contributed by atoms with van der Waals surface area (Å²) in [5.41, 5.74) is 3.42. The minimum atomic E-state index is -0.836. The van der Waals surface area contributed by atoms with Gasteiger partial charge in [0, 0.05) is 30.6 Å². The number of phenolic OH excluding ortho intramolecular Hbond substituents is 1. The normalized spacial score (nSPS) is 34.1. The van der Waals surface area contributed by atoms with E-state index in [0.29, 0.717) is 5.75 Å². The van der Waals surface area contributed by atoms with Crippen LogP contribution in [-0.4, -0.2) is 47.6 Å². The number of ether oxygens (including phenoxy) is 1. The molecule has 180 valence electrons. The van der Waals surface area contributed by atoms with Crippen molar-refractivity contribution in [2.75, 3.05) is 18.5 Å². The SMILES string of the molecule is C[NH+]1CC[C@]23c4c5ccc(O)c4O[C@H]2[C@H](N(Cc2ccccc2)c2ccccc2)CC[C@@]3(O)[C@H]1C5. The van der Waals surface area contributed by atoms with Crippen molar-refractivity contribution in [1.82, 2.24) is 0 Å². The van der Waals surface area contributed by atoms with E-state index in [1.165, 1.54) is 16.0 Å². The molecule has 1 unspecified atom stereocenters. The molecule has 1 saturated carbocycles. The fraction of sp³-hybridized carbons (Fsp3) is 0.400. The number of quaternary nitrogens is 1. The summed E-state index contributed by atoms with van der Waals surface area (Å²) < 4.78 is 6.80. The average Bonchev–Trinajstić information content (AvgIpc) is 3.24. The van der Waals surface area contributed by atoms with Crippen LogP contribution in [0.2, 0.25) is 0 Å². The van der Waals surface area contributed by atoms with Gasteiger partial charge in [-0.1, -0.05) is 54.6 Å². The third-order valence-corrected chi connectivity index (χ3v) is 9.54. The molecule has 2 heterocycles. The Morgan fingerprint density at radius 2 is 1.74 bits per heavy atom. The summed E-state index contributed by atoms with van der Waals surface area (Å²) in [4.78, 5) is 3.89. The molecule has 0 amide bonds. The van der Waals surface area contributed by atoms with Crippen LogP contribution < -0.4 is 14.5 Å². The predicted molar refractivity (Wildman–Crippen MR) is 135 cm³/mol. The van der Waals surface area contributed by atoms with Gasteiger partial charge in [0.15, 0.2) is 11.5 Å². The molecule has 3 aromatic carbocycles. The van der Waals surface area contributed by atoms with Crippen LogP contribution in [0.1, 0.15) is 36.0 Å². The monoisotopic (exact) mass is 469 g/mol. The van der Waals surface area contributed by atoms with Crippen molar-refractivity contribution in [3.8, 4) is 11.5 Å². The molecule has 3 aromatic rings. The number of phenols is 1. The molecule has 35 heavy (non-hydrogen) atoms. The van der Waals surface area contributed by atoms with Crippen molar-refractivity contribution in [3.63, 3.8) is 0 Å². The molecule has 2 aliphatic heterocycles. The summed E-state index contributed by atoms with van der Waals surface area (Å²) >= 11 is 0. The Balaban J connectivity index is 1.39. The van der Waals surface area contributed by atoms with Crippen LogP contribution in [0.15, 0.2) is 72.8 Å². The maximum atomic E-state index is 12.5. The van der Waals surface area contributed by atoms with Crippen LogP contribution in [-0.2, 0) is 18.4 Å². The number of benzene rings is 3. The first-order chi connectivity index (χ1) is 17.0. The number of aliphatic hydroxyl groups is 1. The molecule has 0 aromatic heterocycles. The van der Waals surface area contributed by atoms with E-state index in [1.807, 2.05) is 0 Å². The molecule has 2 aliphatic carbocycles. The first-order valence-corrected chi connectivity index (χ1v) is 13.0. The minimum absolute atomic E-state index is 0.0784. The minimum Gasteiger partial charge on any atom is -0.504 e. The van der Waals surface area contributed by atoms with Gasteiger partial charge in [0.05, 0.1) is 25.0 Å². The zero-order chi connectivity index (χ0) is 23.8. The topological polar surface area (TPSA) is 57.4 Å². The lowest BCUT2D eigenvalue weighted by atomic mass is 9.48.